The molecule has 0 heterocycles. The van der Waals surface area contributed by atoms with Crippen LogP contribution in [-0.2, 0) is 25.4 Å². The first-order valence-electron chi connectivity index (χ1n) is 9.53. The molecule has 1 rings (SSSR count). The molecule has 0 radical (unpaired) electrons. The molecule has 0 bridgehead atoms. The van der Waals surface area contributed by atoms with Crippen LogP contribution in [0.5, 0.6) is 0 Å². The lowest BCUT2D eigenvalue weighted by Crippen LogP contribution is -2.47. The van der Waals surface area contributed by atoms with E-state index in [4.69, 9.17) is 9.16 Å². The maximum absolute atomic E-state index is 12.0. The first-order chi connectivity index (χ1) is 13.4. The summed E-state index contributed by atoms with van der Waals surface area (Å²) in [5.74, 6) is -1.76. The van der Waals surface area contributed by atoms with Gasteiger partial charge in [-0.1, -0.05) is 51.1 Å². The second-order valence-corrected chi connectivity index (χ2v) is 13.1. The van der Waals surface area contributed by atoms with Crippen molar-refractivity contribution in [3.05, 3.63) is 35.9 Å². The van der Waals surface area contributed by atoms with Crippen LogP contribution >= 0.6 is 0 Å². The Bertz CT molecular complexity index is 688. The van der Waals surface area contributed by atoms with E-state index in [0.29, 0.717) is 0 Å². The lowest BCUT2D eigenvalue weighted by atomic mass is 10.2. The van der Waals surface area contributed by atoms with E-state index in [1.165, 1.54) is 0 Å². The minimum atomic E-state index is -1.99. The third-order valence-electron chi connectivity index (χ3n) is 4.91. The van der Waals surface area contributed by atoms with E-state index >= 15 is 0 Å². The molecule has 1 aromatic carbocycles. The van der Waals surface area contributed by atoms with Crippen molar-refractivity contribution in [3.8, 4) is 0 Å². The molecule has 162 valence electrons. The summed E-state index contributed by atoms with van der Waals surface area (Å²) in [5, 5.41) is 14.0. The normalized spacial score (nSPS) is 12.7. The number of carbonyl (C=O) groups excluding carboxylic acids is 2. The first kappa shape index (κ1) is 24.6. The average Bonchev–Trinajstić information content (AvgIpc) is 2.63. The van der Waals surface area contributed by atoms with E-state index < -0.39 is 32.3 Å². The molecule has 29 heavy (non-hydrogen) atoms. The van der Waals surface area contributed by atoms with Crippen LogP contribution in [-0.4, -0.2) is 50.6 Å². The van der Waals surface area contributed by atoms with Crippen molar-refractivity contribution in [2.45, 2.75) is 58.0 Å². The van der Waals surface area contributed by atoms with Gasteiger partial charge in [0, 0.05) is 13.0 Å². The topological polar surface area (TPSA) is 114 Å². The van der Waals surface area contributed by atoms with Crippen LogP contribution in [0.15, 0.2) is 30.3 Å². The summed E-state index contributed by atoms with van der Waals surface area (Å²) < 4.78 is 11.0. The highest BCUT2D eigenvalue weighted by Crippen LogP contribution is 2.36. The Labute approximate surface area is 173 Å². The largest absolute Gasteiger partial charge is 0.480 e. The molecule has 1 aromatic rings. The molecule has 0 saturated carbocycles. The lowest BCUT2D eigenvalue weighted by Gasteiger charge is -2.36. The fourth-order valence-corrected chi connectivity index (χ4v) is 3.14. The Kier molecular flexibility index (Phi) is 9.32. The third kappa shape index (κ3) is 9.10. The zero-order valence-electron chi connectivity index (χ0n) is 17.8. The Morgan fingerprint density at radius 1 is 1.14 bits per heavy atom. The van der Waals surface area contributed by atoms with E-state index in [9.17, 15) is 19.5 Å². The van der Waals surface area contributed by atoms with Crippen molar-refractivity contribution >= 4 is 26.3 Å². The fourth-order valence-electron chi connectivity index (χ4n) is 2.08. The van der Waals surface area contributed by atoms with Gasteiger partial charge in [-0.15, -0.1) is 0 Å². The van der Waals surface area contributed by atoms with Crippen molar-refractivity contribution in [3.63, 3.8) is 0 Å². The van der Waals surface area contributed by atoms with Gasteiger partial charge in [-0.25, -0.2) is 9.59 Å². The number of hydrogen-bond acceptors (Lipinski definition) is 5. The van der Waals surface area contributed by atoms with Crippen molar-refractivity contribution in [2.24, 2.45) is 0 Å². The molecule has 8 nitrogen and oxygen atoms in total. The van der Waals surface area contributed by atoms with Crippen LogP contribution in [0.4, 0.5) is 4.79 Å². The quantitative estimate of drug-likeness (QED) is 0.498. The van der Waals surface area contributed by atoms with E-state index in [0.717, 1.165) is 5.56 Å². The number of carbonyl (C=O) groups is 3. The number of aliphatic carboxylic acids is 1. The van der Waals surface area contributed by atoms with Gasteiger partial charge in [0.2, 0.25) is 5.91 Å². The van der Waals surface area contributed by atoms with Gasteiger partial charge in [0.15, 0.2) is 8.32 Å². The molecule has 9 heteroatoms. The van der Waals surface area contributed by atoms with Gasteiger partial charge in [-0.2, -0.15) is 0 Å². The molecule has 0 fully saturated rings. The van der Waals surface area contributed by atoms with Crippen LogP contribution in [0.25, 0.3) is 0 Å². The minimum absolute atomic E-state index is 0.0129. The molecular formula is C20H32N2O6Si. The Morgan fingerprint density at radius 2 is 1.76 bits per heavy atom. The highest BCUT2D eigenvalue weighted by Gasteiger charge is 2.37. The number of hydrogen-bond donors (Lipinski definition) is 3. The molecular weight excluding hydrogens is 392 g/mol. The Balaban J connectivity index is 2.38. The molecule has 0 aliphatic carbocycles. The third-order valence-corrected chi connectivity index (χ3v) is 9.45. The highest BCUT2D eigenvalue weighted by molar-refractivity contribution is 6.74. The number of rotatable bonds is 10. The molecule has 0 unspecified atom stereocenters. The van der Waals surface area contributed by atoms with Crippen molar-refractivity contribution in [1.82, 2.24) is 10.6 Å². The van der Waals surface area contributed by atoms with E-state index in [1.54, 1.807) is 0 Å². The number of carboxylic acid groups (broad SMARTS) is 1. The summed E-state index contributed by atoms with van der Waals surface area (Å²) in [6.45, 7) is 10.4. The van der Waals surface area contributed by atoms with E-state index in [2.05, 4.69) is 44.5 Å². The van der Waals surface area contributed by atoms with E-state index in [1.807, 2.05) is 30.3 Å². The predicted molar refractivity (Wildman–Crippen MR) is 112 cm³/mol. The number of benzene rings is 1. The minimum Gasteiger partial charge on any atom is -0.480 e. The molecule has 3 N–H and O–H groups in total. The van der Waals surface area contributed by atoms with Gasteiger partial charge in [-0.3, -0.25) is 4.79 Å². The van der Waals surface area contributed by atoms with Gasteiger partial charge in [0.1, 0.15) is 19.2 Å². The van der Waals surface area contributed by atoms with E-state index in [-0.39, 0.29) is 31.2 Å². The second kappa shape index (κ2) is 11.0. The average molecular weight is 425 g/mol. The summed E-state index contributed by atoms with van der Waals surface area (Å²) in [4.78, 5) is 35.1. The van der Waals surface area contributed by atoms with Crippen molar-refractivity contribution in [2.75, 3.05) is 13.2 Å². The Morgan fingerprint density at radius 3 is 2.31 bits per heavy atom. The summed E-state index contributed by atoms with van der Waals surface area (Å²) >= 11 is 0. The molecule has 1 atom stereocenters. The smallest absolute Gasteiger partial charge is 0.407 e. The zero-order valence-corrected chi connectivity index (χ0v) is 18.8. The van der Waals surface area contributed by atoms with Crippen LogP contribution in [0.3, 0.4) is 0 Å². The lowest BCUT2D eigenvalue weighted by molar-refractivity contribution is -0.142. The number of nitrogens with one attached hydrogen (secondary N) is 2. The second-order valence-electron chi connectivity index (χ2n) is 8.27. The number of ether oxygens (including phenoxy) is 1. The standard InChI is InChI=1S/C20H32N2O6Si/c1-20(2,3)29(4,5)28-12-11-16(18(24)25)22-17(23)13-21-19(26)27-14-15-9-7-6-8-10-15/h6-10,16H,11-14H2,1-5H3,(H,21,26)(H,22,23)(H,24,25)/t16-/m1/s1. The summed E-state index contributed by atoms with van der Waals surface area (Å²) in [6.07, 6.45) is -0.608. The maximum atomic E-state index is 12.0. The van der Waals surface area contributed by atoms with Crippen LogP contribution in [0, 0.1) is 0 Å². The van der Waals surface area contributed by atoms with Crippen molar-refractivity contribution in [1.29, 1.82) is 0 Å². The number of amides is 2. The number of alkyl carbamates (subject to hydrolysis) is 1. The maximum Gasteiger partial charge on any atom is 0.407 e. The summed E-state index contributed by atoms with van der Waals surface area (Å²) in [5.41, 5.74) is 0.819. The zero-order chi connectivity index (χ0) is 22.1. The van der Waals surface area contributed by atoms with Gasteiger partial charge in [-0.05, 0) is 23.7 Å². The monoisotopic (exact) mass is 424 g/mol. The summed E-state index contributed by atoms with van der Waals surface area (Å²) in [6, 6.07) is 8.03. The first-order valence-corrected chi connectivity index (χ1v) is 12.4. The predicted octanol–water partition coefficient (Wildman–Crippen LogP) is 2.89. The van der Waals surface area contributed by atoms with Gasteiger partial charge >= 0.3 is 12.1 Å². The van der Waals surface area contributed by atoms with Crippen LogP contribution < -0.4 is 10.6 Å². The molecule has 0 saturated heterocycles. The van der Waals surface area contributed by atoms with Crippen LogP contribution in [0.1, 0.15) is 32.8 Å². The van der Waals surface area contributed by atoms with Crippen molar-refractivity contribution < 1.29 is 28.7 Å². The SMILES string of the molecule is CC(C)(C)[Si](C)(C)OCC[C@@H](NC(=O)CNC(=O)OCc1ccccc1)C(=O)O. The number of carboxylic acids is 1. The highest BCUT2D eigenvalue weighted by atomic mass is 28.4. The molecule has 0 aliphatic rings. The summed E-state index contributed by atoms with van der Waals surface area (Å²) in [7, 11) is -1.99. The molecule has 0 aliphatic heterocycles. The van der Waals surface area contributed by atoms with Gasteiger partial charge in [0.25, 0.3) is 0 Å². The van der Waals surface area contributed by atoms with Gasteiger partial charge in [0.05, 0.1) is 0 Å². The van der Waals surface area contributed by atoms with Crippen LogP contribution in [0.2, 0.25) is 18.1 Å². The molecule has 2 amide bonds. The molecule has 0 aromatic heterocycles. The fraction of sp³-hybridized carbons (Fsp3) is 0.550. The Hall–Kier alpha value is -2.39. The van der Waals surface area contributed by atoms with Gasteiger partial charge < -0.3 is 24.9 Å². The molecule has 0 spiro atoms.